The molecule has 0 spiro atoms. The molecule has 3 rings (SSSR count). The van der Waals surface area contributed by atoms with E-state index >= 15 is 0 Å². The Morgan fingerprint density at radius 3 is 2.48 bits per heavy atom. The Hall–Kier alpha value is -3.10. The summed E-state index contributed by atoms with van der Waals surface area (Å²) in [4.78, 5) is 28.8. The van der Waals surface area contributed by atoms with Crippen LogP contribution in [0.5, 0.6) is 11.5 Å². The van der Waals surface area contributed by atoms with Crippen LogP contribution in [0.4, 0.5) is 10.8 Å². The molecule has 2 N–H and O–H groups in total. The molecule has 2 aromatic carbocycles. The van der Waals surface area contributed by atoms with Crippen LogP contribution in [-0.4, -0.2) is 31.0 Å². The van der Waals surface area contributed by atoms with Crippen LogP contribution in [-0.2, 0) is 11.2 Å². The van der Waals surface area contributed by atoms with E-state index in [0.717, 1.165) is 0 Å². The van der Waals surface area contributed by atoms with Crippen LogP contribution < -0.4 is 20.1 Å². The molecule has 0 bridgehead atoms. The molecule has 0 saturated heterocycles. The highest BCUT2D eigenvalue weighted by Crippen LogP contribution is 2.27. The molecule has 1 heterocycles. The van der Waals surface area contributed by atoms with E-state index in [0.29, 0.717) is 38.6 Å². The molecule has 1 aromatic heterocycles. The SMILES string of the molecule is COc1ccc(C(=O)Nc2nc(CC(=O)Nc3ccc(OC)c(Cl)c3)cs2)cc1. The van der Waals surface area contributed by atoms with E-state index in [-0.39, 0.29) is 18.2 Å². The minimum absolute atomic E-state index is 0.0680. The van der Waals surface area contributed by atoms with Crippen molar-refractivity contribution in [3.05, 3.63) is 64.1 Å². The summed E-state index contributed by atoms with van der Waals surface area (Å²) in [6.45, 7) is 0. The lowest BCUT2D eigenvalue weighted by Crippen LogP contribution is -2.15. The van der Waals surface area contributed by atoms with Gasteiger partial charge in [-0.15, -0.1) is 11.3 Å². The molecular formula is C20H18ClN3O4S. The van der Waals surface area contributed by atoms with Gasteiger partial charge in [-0.1, -0.05) is 11.6 Å². The van der Waals surface area contributed by atoms with Crippen LogP contribution in [0, 0.1) is 0 Å². The molecule has 0 fully saturated rings. The summed E-state index contributed by atoms with van der Waals surface area (Å²) in [7, 11) is 3.08. The summed E-state index contributed by atoms with van der Waals surface area (Å²) < 4.78 is 10.2. The van der Waals surface area contributed by atoms with Gasteiger partial charge in [0.05, 0.1) is 31.4 Å². The fraction of sp³-hybridized carbons (Fsp3) is 0.150. The van der Waals surface area contributed by atoms with Crippen LogP contribution in [0.3, 0.4) is 0 Å². The molecule has 29 heavy (non-hydrogen) atoms. The second kappa shape index (κ2) is 9.40. The van der Waals surface area contributed by atoms with Gasteiger partial charge in [0, 0.05) is 16.6 Å². The Kier molecular flexibility index (Phi) is 6.69. The maximum Gasteiger partial charge on any atom is 0.257 e. The van der Waals surface area contributed by atoms with Gasteiger partial charge in [0.15, 0.2) is 5.13 Å². The second-order valence-electron chi connectivity index (χ2n) is 5.90. The predicted molar refractivity (Wildman–Crippen MR) is 113 cm³/mol. The van der Waals surface area contributed by atoms with Crippen molar-refractivity contribution in [2.24, 2.45) is 0 Å². The summed E-state index contributed by atoms with van der Waals surface area (Å²) in [5.74, 6) is 0.666. The van der Waals surface area contributed by atoms with Gasteiger partial charge in [-0.2, -0.15) is 0 Å². The van der Waals surface area contributed by atoms with Gasteiger partial charge in [-0.3, -0.25) is 14.9 Å². The minimum Gasteiger partial charge on any atom is -0.497 e. The number of carbonyl (C=O) groups is 2. The van der Waals surface area contributed by atoms with Crippen molar-refractivity contribution < 1.29 is 19.1 Å². The molecular weight excluding hydrogens is 414 g/mol. The van der Waals surface area contributed by atoms with Crippen molar-refractivity contribution >= 4 is 45.6 Å². The number of anilines is 2. The lowest BCUT2D eigenvalue weighted by molar-refractivity contribution is -0.115. The van der Waals surface area contributed by atoms with E-state index in [1.807, 2.05) is 0 Å². The first-order valence-electron chi connectivity index (χ1n) is 8.51. The first-order valence-corrected chi connectivity index (χ1v) is 9.77. The van der Waals surface area contributed by atoms with Gasteiger partial charge in [-0.05, 0) is 42.5 Å². The number of carbonyl (C=O) groups excluding carboxylic acids is 2. The quantitative estimate of drug-likeness (QED) is 0.583. The Morgan fingerprint density at radius 1 is 1.07 bits per heavy atom. The molecule has 0 aliphatic carbocycles. The van der Waals surface area contributed by atoms with Crippen molar-refractivity contribution in [2.45, 2.75) is 6.42 Å². The normalized spacial score (nSPS) is 10.3. The van der Waals surface area contributed by atoms with Gasteiger partial charge >= 0.3 is 0 Å². The molecule has 0 saturated carbocycles. The highest BCUT2D eigenvalue weighted by atomic mass is 35.5. The van der Waals surface area contributed by atoms with Gasteiger partial charge in [0.2, 0.25) is 5.91 Å². The molecule has 3 aromatic rings. The van der Waals surface area contributed by atoms with Gasteiger partial charge in [0.25, 0.3) is 5.91 Å². The van der Waals surface area contributed by atoms with Crippen molar-refractivity contribution in [2.75, 3.05) is 24.9 Å². The number of ether oxygens (including phenoxy) is 2. The maximum absolute atomic E-state index is 12.3. The number of nitrogens with zero attached hydrogens (tertiary/aromatic N) is 1. The molecule has 0 aliphatic rings. The van der Waals surface area contributed by atoms with Crippen molar-refractivity contribution in [1.29, 1.82) is 0 Å². The molecule has 0 unspecified atom stereocenters. The zero-order valence-corrected chi connectivity index (χ0v) is 17.3. The second-order valence-corrected chi connectivity index (χ2v) is 7.17. The van der Waals surface area contributed by atoms with E-state index in [4.69, 9.17) is 21.1 Å². The zero-order chi connectivity index (χ0) is 20.8. The Balaban J connectivity index is 1.57. The van der Waals surface area contributed by atoms with E-state index in [1.54, 1.807) is 55.0 Å². The number of rotatable bonds is 7. The summed E-state index contributed by atoms with van der Waals surface area (Å²) in [5, 5.41) is 8.03. The van der Waals surface area contributed by atoms with Crippen LogP contribution >= 0.6 is 22.9 Å². The summed E-state index contributed by atoms with van der Waals surface area (Å²) in [5.41, 5.74) is 1.60. The van der Waals surface area contributed by atoms with Gasteiger partial charge in [-0.25, -0.2) is 4.98 Å². The molecule has 0 aliphatic heterocycles. The maximum atomic E-state index is 12.3. The zero-order valence-electron chi connectivity index (χ0n) is 15.7. The van der Waals surface area contributed by atoms with E-state index in [2.05, 4.69) is 15.6 Å². The topological polar surface area (TPSA) is 89.5 Å². The number of methoxy groups -OCH3 is 2. The van der Waals surface area contributed by atoms with E-state index < -0.39 is 0 Å². The van der Waals surface area contributed by atoms with E-state index in [1.165, 1.54) is 18.4 Å². The van der Waals surface area contributed by atoms with Crippen LogP contribution in [0.1, 0.15) is 16.1 Å². The van der Waals surface area contributed by atoms with Crippen molar-refractivity contribution in [3.63, 3.8) is 0 Å². The molecule has 0 atom stereocenters. The molecule has 150 valence electrons. The van der Waals surface area contributed by atoms with E-state index in [9.17, 15) is 9.59 Å². The van der Waals surface area contributed by atoms with Crippen molar-refractivity contribution in [3.8, 4) is 11.5 Å². The average molecular weight is 432 g/mol. The first kappa shape index (κ1) is 20.6. The molecule has 9 heteroatoms. The Labute approximate surface area is 176 Å². The number of benzene rings is 2. The standard InChI is InChI=1S/C20H18ClN3O4S/c1-27-15-6-3-12(4-7-15)19(26)24-20-23-14(11-29-20)10-18(25)22-13-5-8-17(28-2)16(21)9-13/h3-9,11H,10H2,1-2H3,(H,22,25)(H,23,24,26). The number of nitrogens with one attached hydrogen (secondary N) is 2. The van der Waals surface area contributed by atoms with Crippen LogP contribution in [0.25, 0.3) is 0 Å². The third kappa shape index (κ3) is 5.46. The largest absolute Gasteiger partial charge is 0.497 e. The number of hydrogen-bond donors (Lipinski definition) is 2. The van der Waals surface area contributed by atoms with Crippen molar-refractivity contribution in [1.82, 2.24) is 4.98 Å². The Morgan fingerprint density at radius 2 is 1.83 bits per heavy atom. The fourth-order valence-electron chi connectivity index (χ4n) is 2.47. The predicted octanol–water partition coefficient (Wildman–Crippen LogP) is 4.25. The third-order valence-electron chi connectivity index (χ3n) is 3.90. The first-order chi connectivity index (χ1) is 14.0. The number of thiazole rings is 1. The smallest absolute Gasteiger partial charge is 0.257 e. The lowest BCUT2D eigenvalue weighted by Gasteiger charge is -2.07. The number of amides is 2. The highest BCUT2D eigenvalue weighted by molar-refractivity contribution is 7.14. The molecule has 7 nitrogen and oxygen atoms in total. The highest BCUT2D eigenvalue weighted by Gasteiger charge is 2.12. The van der Waals surface area contributed by atoms with Crippen LogP contribution in [0.2, 0.25) is 5.02 Å². The van der Waals surface area contributed by atoms with Gasteiger partial charge in [0.1, 0.15) is 11.5 Å². The third-order valence-corrected chi connectivity index (χ3v) is 5.00. The van der Waals surface area contributed by atoms with Crippen LogP contribution in [0.15, 0.2) is 47.8 Å². The summed E-state index contributed by atoms with van der Waals surface area (Å²) in [6.07, 6.45) is 0.0680. The molecule has 2 amide bonds. The summed E-state index contributed by atoms with van der Waals surface area (Å²) in [6, 6.07) is 11.7. The minimum atomic E-state index is -0.286. The monoisotopic (exact) mass is 431 g/mol. The number of hydrogen-bond acceptors (Lipinski definition) is 6. The lowest BCUT2D eigenvalue weighted by atomic mass is 10.2. The molecule has 0 radical (unpaired) electrons. The number of halogens is 1. The average Bonchev–Trinajstić information content (AvgIpc) is 3.14. The number of aromatic nitrogens is 1. The summed E-state index contributed by atoms with van der Waals surface area (Å²) >= 11 is 7.31. The van der Waals surface area contributed by atoms with Gasteiger partial charge < -0.3 is 14.8 Å². The fourth-order valence-corrected chi connectivity index (χ4v) is 3.43. The Bertz CT molecular complexity index is 1020.